The van der Waals surface area contributed by atoms with Crippen molar-refractivity contribution in [3.8, 4) is 5.75 Å². The zero-order chi connectivity index (χ0) is 13.9. The molecule has 19 heavy (non-hydrogen) atoms. The maximum atomic E-state index is 13.2. The molecular weight excluding hydrogens is 249 g/mol. The van der Waals surface area contributed by atoms with Crippen LogP contribution in [0.3, 0.4) is 0 Å². The van der Waals surface area contributed by atoms with Crippen LogP contribution in [0.4, 0.5) is 4.39 Å². The number of halogens is 1. The molecule has 0 aromatic heterocycles. The number of rotatable bonds is 4. The molecule has 1 heterocycles. The summed E-state index contributed by atoms with van der Waals surface area (Å²) < 4.78 is 18.4. The maximum Gasteiger partial charge on any atom is 0.123 e. The van der Waals surface area contributed by atoms with Gasteiger partial charge in [-0.3, -0.25) is 0 Å². The minimum absolute atomic E-state index is 0.0559. The van der Waals surface area contributed by atoms with Gasteiger partial charge in [0.25, 0.3) is 0 Å². The summed E-state index contributed by atoms with van der Waals surface area (Å²) in [5, 5.41) is 23.2. The minimum Gasteiger partial charge on any atom is -0.508 e. The van der Waals surface area contributed by atoms with Gasteiger partial charge in [-0.2, -0.15) is 0 Å². The van der Waals surface area contributed by atoms with Crippen molar-refractivity contribution in [1.82, 2.24) is 5.32 Å². The highest BCUT2D eigenvalue weighted by Crippen LogP contribution is 2.26. The van der Waals surface area contributed by atoms with Gasteiger partial charge in [0.1, 0.15) is 11.6 Å². The smallest absolute Gasteiger partial charge is 0.123 e. The van der Waals surface area contributed by atoms with Crippen molar-refractivity contribution < 1.29 is 19.3 Å². The van der Waals surface area contributed by atoms with E-state index in [1.54, 1.807) is 0 Å². The number of hydrogen-bond acceptors (Lipinski definition) is 4. The molecule has 2 rings (SSSR count). The Kier molecular flexibility index (Phi) is 4.39. The van der Waals surface area contributed by atoms with Crippen LogP contribution in [0.1, 0.15) is 31.4 Å². The van der Waals surface area contributed by atoms with Crippen LogP contribution < -0.4 is 5.32 Å². The molecule has 0 bridgehead atoms. The minimum atomic E-state index is -0.782. The van der Waals surface area contributed by atoms with Gasteiger partial charge in [-0.05, 0) is 25.1 Å². The molecule has 1 aromatic rings. The van der Waals surface area contributed by atoms with Gasteiger partial charge in [-0.15, -0.1) is 0 Å². The van der Waals surface area contributed by atoms with Gasteiger partial charge < -0.3 is 20.3 Å². The normalized spacial score (nSPS) is 20.2. The molecule has 1 fully saturated rings. The van der Waals surface area contributed by atoms with E-state index < -0.39 is 5.60 Å². The van der Waals surface area contributed by atoms with E-state index in [9.17, 15) is 14.6 Å². The maximum absolute atomic E-state index is 13.2. The lowest BCUT2D eigenvalue weighted by molar-refractivity contribution is -0.0626. The van der Waals surface area contributed by atoms with E-state index in [2.05, 4.69) is 5.32 Å². The Balaban J connectivity index is 1.97. The van der Waals surface area contributed by atoms with Crippen molar-refractivity contribution in [1.29, 1.82) is 0 Å². The lowest BCUT2D eigenvalue weighted by atomic mass is 9.93. The predicted octanol–water partition coefficient (Wildman–Crippen LogP) is 1.72. The third-order valence-electron chi connectivity index (χ3n) is 3.62. The lowest BCUT2D eigenvalue weighted by Gasteiger charge is -2.33. The van der Waals surface area contributed by atoms with Gasteiger partial charge in [0.15, 0.2) is 0 Å². The number of benzene rings is 1. The van der Waals surface area contributed by atoms with E-state index in [1.165, 1.54) is 18.2 Å². The van der Waals surface area contributed by atoms with Crippen LogP contribution in [0.5, 0.6) is 5.75 Å². The molecule has 1 aliphatic rings. The molecule has 1 aliphatic heterocycles. The van der Waals surface area contributed by atoms with Crippen molar-refractivity contribution >= 4 is 0 Å². The fourth-order valence-electron chi connectivity index (χ4n) is 2.25. The monoisotopic (exact) mass is 269 g/mol. The topological polar surface area (TPSA) is 61.7 Å². The zero-order valence-electron chi connectivity index (χ0n) is 11.0. The molecule has 0 radical (unpaired) electrons. The highest BCUT2D eigenvalue weighted by Gasteiger charge is 2.30. The van der Waals surface area contributed by atoms with Crippen molar-refractivity contribution in [3.63, 3.8) is 0 Å². The van der Waals surface area contributed by atoms with Crippen LogP contribution in [-0.4, -0.2) is 35.6 Å². The Labute approximate surface area is 112 Å². The molecule has 1 atom stereocenters. The Hall–Kier alpha value is -1.17. The third-order valence-corrected chi connectivity index (χ3v) is 3.62. The second kappa shape index (κ2) is 5.86. The molecule has 0 spiro atoms. The average Bonchev–Trinajstić information content (AvgIpc) is 2.40. The molecular formula is C14H20FNO3. The summed E-state index contributed by atoms with van der Waals surface area (Å²) in [6.07, 6.45) is 1.17. The Morgan fingerprint density at radius 2 is 2.11 bits per heavy atom. The van der Waals surface area contributed by atoms with E-state index in [1.807, 2.05) is 6.92 Å². The van der Waals surface area contributed by atoms with Gasteiger partial charge in [-0.1, -0.05) is 0 Å². The molecule has 0 amide bonds. The first-order valence-electron chi connectivity index (χ1n) is 6.52. The Morgan fingerprint density at radius 1 is 1.42 bits per heavy atom. The van der Waals surface area contributed by atoms with Crippen molar-refractivity contribution in [3.05, 3.63) is 29.6 Å². The number of hydrogen-bond donors (Lipinski definition) is 3. The molecule has 4 nitrogen and oxygen atoms in total. The predicted molar refractivity (Wildman–Crippen MR) is 69.5 cm³/mol. The zero-order valence-corrected chi connectivity index (χ0v) is 11.0. The molecule has 3 N–H and O–H groups in total. The van der Waals surface area contributed by atoms with Crippen LogP contribution >= 0.6 is 0 Å². The average molecular weight is 269 g/mol. The van der Waals surface area contributed by atoms with E-state index >= 15 is 0 Å². The van der Waals surface area contributed by atoms with E-state index in [4.69, 9.17) is 4.74 Å². The molecule has 0 saturated carbocycles. The number of nitrogens with one attached hydrogen (secondary N) is 1. The summed E-state index contributed by atoms with van der Waals surface area (Å²) in [6, 6.07) is 3.63. The highest BCUT2D eigenvalue weighted by atomic mass is 19.1. The number of aromatic hydroxyl groups is 1. The first-order valence-corrected chi connectivity index (χ1v) is 6.52. The van der Waals surface area contributed by atoms with Crippen LogP contribution in [0.2, 0.25) is 0 Å². The van der Waals surface area contributed by atoms with E-state index in [-0.39, 0.29) is 17.6 Å². The summed E-state index contributed by atoms with van der Waals surface area (Å²) in [7, 11) is 0. The van der Waals surface area contributed by atoms with E-state index in [0.29, 0.717) is 38.2 Å². The molecule has 1 aromatic carbocycles. The molecule has 106 valence electrons. The SMILES string of the molecule is CC(NCC1(O)CCOCC1)c1cc(F)ccc1O. The summed E-state index contributed by atoms with van der Waals surface area (Å²) in [5.41, 5.74) is -0.286. The summed E-state index contributed by atoms with van der Waals surface area (Å²) in [6.45, 7) is 3.33. The number of ether oxygens (including phenoxy) is 1. The van der Waals surface area contributed by atoms with Gasteiger partial charge in [0.05, 0.1) is 5.60 Å². The highest BCUT2D eigenvalue weighted by molar-refractivity contribution is 5.34. The van der Waals surface area contributed by atoms with Crippen LogP contribution in [-0.2, 0) is 4.74 Å². The summed E-state index contributed by atoms with van der Waals surface area (Å²) in [5.74, 6) is -0.327. The van der Waals surface area contributed by atoms with E-state index in [0.717, 1.165) is 0 Å². The largest absolute Gasteiger partial charge is 0.508 e. The molecule has 0 aliphatic carbocycles. The van der Waals surface area contributed by atoms with Gasteiger partial charge in [0, 0.05) is 44.2 Å². The molecule has 1 unspecified atom stereocenters. The van der Waals surface area contributed by atoms with Crippen molar-refractivity contribution in [2.45, 2.75) is 31.4 Å². The first-order chi connectivity index (χ1) is 9.00. The lowest BCUT2D eigenvalue weighted by Crippen LogP contribution is -2.45. The summed E-state index contributed by atoms with van der Waals surface area (Å²) in [4.78, 5) is 0. The number of phenolic OH excluding ortho intramolecular Hbond substituents is 1. The van der Waals surface area contributed by atoms with Gasteiger partial charge in [-0.25, -0.2) is 4.39 Å². The standard InChI is InChI=1S/C14H20FNO3/c1-10(12-8-11(15)2-3-13(12)17)16-9-14(18)4-6-19-7-5-14/h2-3,8,10,16-18H,4-7,9H2,1H3. The number of aliphatic hydroxyl groups is 1. The van der Waals surface area contributed by atoms with Gasteiger partial charge >= 0.3 is 0 Å². The fraction of sp³-hybridized carbons (Fsp3) is 0.571. The fourth-order valence-corrected chi connectivity index (χ4v) is 2.25. The van der Waals surface area contributed by atoms with Crippen LogP contribution in [0.25, 0.3) is 0 Å². The number of phenols is 1. The summed E-state index contributed by atoms with van der Waals surface area (Å²) >= 11 is 0. The van der Waals surface area contributed by atoms with Crippen LogP contribution in [0, 0.1) is 5.82 Å². The third kappa shape index (κ3) is 3.65. The van der Waals surface area contributed by atoms with Gasteiger partial charge in [0.2, 0.25) is 0 Å². The quantitative estimate of drug-likeness (QED) is 0.779. The first kappa shape index (κ1) is 14.2. The second-order valence-electron chi connectivity index (χ2n) is 5.14. The Bertz CT molecular complexity index is 433. The Morgan fingerprint density at radius 3 is 2.79 bits per heavy atom. The molecule has 1 saturated heterocycles. The molecule has 5 heteroatoms. The van der Waals surface area contributed by atoms with Crippen molar-refractivity contribution in [2.75, 3.05) is 19.8 Å². The second-order valence-corrected chi connectivity index (χ2v) is 5.14. The van der Waals surface area contributed by atoms with Crippen molar-refractivity contribution in [2.24, 2.45) is 0 Å². The van der Waals surface area contributed by atoms with Crippen LogP contribution in [0.15, 0.2) is 18.2 Å².